The normalized spacial score (nSPS) is 18.6. The van der Waals surface area contributed by atoms with Gasteiger partial charge in [-0.1, -0.05) is 19.3 Å². The van der Waals surface area contributed by atoms with Crippen molar-refractivity contribution < 1.29 is 14.3 Å². The Bertz CT molecular complexity index is 408. The summed E-state index contributed by atoms with van der Waals surface area (Å²) in [5.74, 6) is 1.08. The van der Waals surface area contributed by atoms with Crippen LogP contribution in [-0.4, -0.2) is 21.6 Å². The molecule has 2 N–H and O–H groups in total. The van der Waals surface area contributed by atoms with Crippen LogP contribution in [0.25, 0.3) is 0 Å². The summed E-state index contributed by atoms with van der Waals surface area (Å²) in [6, 6.07) is 0. The molecule has 1 aliphatic rings. The van der Waals surface area contributed by atoms with Gasteiger partial charge in [-0.3, -0.25) is 4.79 Å². The van der Waals surface area contributed by atoms with Gasteiger partial charge in [-0.15, -0.1) is 0 Å². The molecular weight excluding hydrogens is 232 g/mol. The molecule has 1 aliphatic carbocycles. The second kappa shape index (κ2) is 5.52. The number of carbonyl (C=O) groups excluding carboxylic acids is 1. The number of aliphatic hydroxyl groups is 1. The maximum Gasteiger partial charge on any atom is 0.223 e. The third-order valence-corrected chi connectivity index (χ3v) is 3.38. The number of hydrogen-bond acceptors (Lipinski definition) is 4. The van der Waals surface area contributed by atoms with Crippen LogP contribution in [0.15, 0.2) is 10.6 Å². The molecule has 0 radical (unpaired) electrons. The Morgan fingerprint density at radius 1 is 1.50 bits per heavy atom. The molecule has 5 heteroatoms. The highest BCUT2D eigenvalue weighted by Gasteiger charge is 2.31. The quantitative estimate of drug-likeness (QED) is 0.855. The molecule has 1 saturated carbocycles. The second-order valence-corrected chi connectivity index (χ2v) is 5.10. The van der Waals surface area contributed by atoms with Gasteiger partial charge in [0.05, 0.1) is 24.8 Å². The van der Waals surface area contributed by atoms with Crippen molar-refractivity contribution >= 4 is 5.91 Å². The van der Waals surface area contributed by atoms with Crippen LogP contribution >= 0.6 is 0 Å². The summed E-state index contributed by atoms with van der Waals surface area (Å²) in [4.78, 5) is 15.8. The van der Waals surface area contributed by atoms with Gasteiger partial charge in [-0.25, -0.2) is 4.98 Å². The van der Waals surface area contributed by atoms with Crippen LogP contribution < -0.4 is 5.32 Å². The second-order valence-electron chi connectivity index (χ2n) is 5.10. The Hall–Kier alpha value is -1.36. The number of rotatable bonds is 4. The van der Waals surface area contributed by atoms with Crippen molar-refractivity contribution in [2.45, 2.75) is 57.6 Å². The Morgan fingerprint density at radius 3 is 2.83 bits per heavy atom. The van der Waals surface area contributed by atoms with Gasteiger partial charge in [-0.2, -0.15) is 0 Å². The minimum atomic E-state index is -0.811. The lowest BCUT2D eigenvalue weighted by molar-refractivity contribution is -0.127. The molecule has 1 aromatic heterocycles. The third kappa shape index (κ3) is 3.57. The summed E-state index contributed by atoms with van der Waals surface area (Å²) in [6.07, 6.45) is 6.39. The molecule has 1 aromatic rings. The van der Waals surface area contributed by atoms with Gasteiger partial charge in [0.15, 0.2) is 0 Å². The molecule has 0 aliphatic heterocycles. The molecule has 0 unspecified atom stereocenters. The zero-order chi connectivity index (χ0) is 13.0. The van der Waals surface area contributed by atoms with Crippen molar-refractivity contribution in [3.63, 3.8) is 0 Å². The Labute approximate surface area is 107 Å². The number of carbonyl (C=O) groups is 1. The first-order valence-corrected chi connectivity index (χ1v) is 6.48. The monoisotopic (exact) mass is 252 g/mol. The minimum absolute atomic E-state index is 0.143. The number of hydrogen-bond donors (Lipinski definition) is 2. The van der Waals surface area contributed by atoms with Gasteiger partial charge < -0.3 is 14.8 Å². The van der Waals surface area contributed by atoms with Crippen LogP contribution in [0, 0.1) is 6.92 Å². The molecule has 0 atom stereocenters. The molecule has 100 valence electrons. The van der Waals surface area contributed by atoms with Crippen molar-refractivity contribution in [1.82, 2.24) is 10.3 Å². The highest BCUT2D eigenvalue weighted by atomic mass is 16.4. The fourth-order valence-electron chi connectivity index (χ4n) is 2.41. The molecule has 1 fully saturated rings. The Balaban J connectivity index is 1.78. The molecular formula is C13H20N2O3. The van der Waals surface area contributed by atoms with E-state index in [0.717, 1.165) is 37.9 Å². The summed E-state index contributed by atoms with van der Waals surface area (Å²) in [7, 11) is 0. The maximum absolute atomic E-state index is 11.8. The summed E-state index contributed by atoms with van der Waals surface area (Å²) in [6.45, 7) is 2.09. The highest BCUT2D eigenvalue weighted by molar-refractivity contribution is 5.76. The van der Waals surface area contributed by atoms with Gasteiger partial charge in [0.1, 0.15) is 5.76 Å². The predicted molar refractivity (Wildman–Crippen MR) is 65.7 cm³/mol. The van der Waals surface area contributed by atoms with E-state index in [1.807, 2.05) is 6.92 Å². The number of oxazole rings is 1. The number of aryl methyl sites for hydroxylation is 1. The van der Waals surface area contributed by atoms with Gasteiger partial charge >= 0.3 is 0 Å². The lowest BCUT2D eigenvalue weighted by atomic mass is 9.82. The summed E-state index contributed by atoms with van der Waals surface area (Å²) < 4.78 is 5.26. The topological polar surface area (TPSA) is 75.4 Å². The first-order valence-electron chi connectivity index (χ1n) is 6.48. The summed E-state index contributed by atoms with van der Waals surface area (Å²) >= 11 is 0. The molecule has 0 spiro atoms. The third-order valence-electron chi connectivity index (χ3n) is 3.38. The zero-order valence-electron chi connectivity index (χ0n) is 10.7. The van der Waals surface area contributed by atoms with E-state index in [1.165, 1.54) is 0 Å². The van der Waals surface area contributed by atoms with Crippen LogP contribution in [0.1, 0.15) is 50.2 Å². The fourth-order valence-corrected chi connectivity index (χ4v) is 2.41. The van der Waals surface area contributed by atoms with E-state index >= 15 is 0 Å². The maximum atomic E-state index is 11.8. The van der Waals surface area contributed by atoms with Gasteiger partial charge in [0.2, 0.25) is 11.8 Å². The lowest BCUT2D eigenvalue weighted by Gasteiger charge is -2.31. The van der Waals surface area contributed by atoms with E-state index in [9.17, 15) is 9.90 Å². The molecule has 0 bridgehead atoms. The first-order chi connectivity index (χ1) is 8.57. The smallest absolute Gasteiger partial charge is 0.223 e. The highest BCUT2D eigenvalue weighted by Crippen LogP contribution is 2.30. The lowest BCUT2D eigenvalue weighted by Crippen LogP contribution is -2.38. The molecule has 0 aromatic carbocycles. The summed E-state index contributed by atoms with van der Waals surface area (Å²) in [5, 5.41) is 13.0. The zero-order valence-corrected chi connectivity index (χ0v) is 10.7. The van der Waals surface area contributed by atoms with E-state index in [-0.39, 0.29) is 18.9 Å². The van der Waals surface area contributed by atoms with Crippen LogP contribution in [0.4, 0.5) is 0 Å². The van der Waals surface area contributed by atoms with Crippen LogP contribution in [-0.2, 0) is 11.3 Å². The van der Waals surface area contributed by atoms with Crippen molar-refractivity contribution in [3.05, 3.63) is 17.8 Å². The molecule has 0 saturated heterocycles. The predicted octanol–water partition coefficient (Wildman–Crippen LogP) is 1.68. The average Bonchev–Trinajstić information content (AvgIpc) is 2.73. The van der Waals surface area contributed by atoms with E-state index in [1.54, 1.807) is 6.20 Å². The summed E-state index contributed by atoms with van der Waals surface area (Å²) in [5.41, 5.74) is -0.811. The van der Waals surface area contributed by atoms with E-state index < -0.39 is 5.60 Å². The van der Waals surface area contributed by atoms with E-state index in [0.29, 0.717) is 5.89 Å². The van der Waals surface area contributed by atoms with E-state index in [4.69, 9.17) is 4.42 Å². The largest absolute Gasteiger partial charge is 0.444 e. The van der Waals surface area contributed by atoms with Gasteiger partial charge in [-0.05, 0) is 19.8 Å². The number of nitrogens with one attached hydrogen (secondary N) is 1. The van der Waals surface area contributed by atoms with Crippen LogP contribution in [0.3, 0.4) is 0 Å². The Kier molecular flexibility index (Phi) is 4.01. The molecule has 2 rings (SSSR count). The van der Waals surface area contributed by atoms with Crippen LogP contribution in [0.5, 0.6) is 0 Å². The molecule has 1 heterocycles. The van der Waals surface area contributed by atoms with E-state index in [2.05, 4.69) is 10.3 Å². The van der Waals surface area contributed by atoms with Crippen LogP contribution in [0.2, 0.25) is 0 Å². The average molecular weight is 252 g/mol. The molecule has 18 heavy (non-hydrogen) atoms. The molecule has 1 amide bonds. The number of nitrogens with zero attached hydrogens (tertiary/aromatic N) is 1. The van der Waals surface area contributed by atoms with Crippen molar-refractivity contribution in [2.75, 3.05) is 0 Å². The minimum Gasteiger partial charge on any atom is -0.444 e. The number of amides is 1. The SMILES string of the molecule is Cc1cnc(CNC(=O)CC2(O)CCCCC2)o1. The Morgan fingerprint density at radius 2 is 2.22 bits per heavy atom. The van der Waals surface area contributed by atoms with Crippen molar-refractivity contribution in [3.8, 4) is 0 Å². The van der Waals surface area contributed by atoms with Crippen molar-refractivity contribution in [1.29, 1.82) is 0 Å². The van der Waals surface area contributed by atoms with Crippen molar-refractivity contribution in [2.24, 2.45) is 0 Å². The standard InChI is InChI=1S/C13H20N2O3/c1-10-8-15-12(18-10)9-14-11(16)7-13(17)5-3-2-4-6-13/h8,17H,2-7,9H2,1H3,(H,14,16). The fraction of sp³-hybridized carbons (Fsp3) is 0.692. The van der Waals surface area contributed by atoms with Gasteiger partial charge in [0, 0.05) is 0 Å². The molecule has 5 nitrogen and oxygen atoms in total. The first kappa shape index (κ1) is 13.1. The van der Waals surface area contributed by atoms with Gasteiger partial charge in [0.25, 0.3) is 0 Å². The number of aromatic nitrogens is 1.